The Morgan fingerprint density at radius 1 is 0.939 bits per heavy atom. The molecule has 0 unspecified atom stereocenters. The molecule has 0 aliphatic carbocycles. The van der Waals surface area contributed by atoms with Crippen molar-refractivity contribution in [3.8, 4) is 22.8 Å². The molecule has 33 heavy (non-hydrogen) atoms. The standard InChI is InChI=1S/C26H26N4O2S/c1-16-9-12-22(19(4)13-16)30-25(21-7-5-6-8-23(21)31)28-29-26(30)33-15-24(32)27-20-11-10-17(2)18(3)14-20/h5-14,31H,15H2,1-4H3,(H,27,32). The Balaban J connectivity index is 1.64. The van der Waals surface area contributed by atoms with E-state index in [1.54, 1.807) is 18.2 Å². The number of aryl methyl sites for hydroxylation is 4. The van der Waals surface area contributed by atoms with Crippen molar-refractivity contribution in [2.45, 2.75) is 32.9 Å². The highest BCUT2D eigenvalue weighted by atomic mass is 32.2. The third-order valence-electron chi connectivity index (χ3n) is 5.49. The maximum absolute atomic E-state index is 12.6. The minimum absolute atomic E-state index is 0.123. The number of carbonyl (C=O) groups excluding carboxylic acids is 1. The first kappa shape index (κ1) is 22.6. The SMILES string of the molecule is Cc1ccc(-n2c(SCC(=O)Nc3ccc(C)c(C)c3)nnc2-c2ccccc2O)c(C)c1. The molecular formula is C26H26N4O2S. The molecule has 0 saturated carbocycles. The molecule has 0 bridgehead atoms. The number of aromatic nitrogens is 3. The zero-order valence-electron chi connectivity index (χ0n) is 19.1. The number of rotatable bonds is 6. The van der Waals surface area contributed by atoms with Crippen molar-refractivity contribution in [2.75, 3.05) is 11.1 Å². The van der Waals surface area contributed by atoms with Gasteiger partial charge in [0.15, 0.2) is 11.0 Å². The van der Waals surface area contributed by atoms with E-state index >= 15 is 0 Å². The second kappa shape index (κ2) is 9.50. The van der Waals surface area contributed by atoms with Crippen molar-refractivity contribution in [1.82, 2.24) is 14.8 Å². The van der Waals surface area contributed by atoms with Gasteiger partial charge in [-0.1, -0.05) is 47.7 Å². The van der Waals surface area contributed by atoms with Crippen LogP contribution in [0.5, 0.6) is 5.75 Å². The summed E-state index contributed by atoms with van der Waals surface area (Å²) in [5.74, 6) is 0.705. The van der Waals surface area contributed by atoms with Crippen molar-refractivity contribution in [2.24, 2.45) is 0 Å². The number of carbonyl (C=O) groups is 1. The Labute approximate surface area is 197 Å². The number of amides is 1. The third kappa shape index (κ3) is 4.93. The molecule has 0 atom stereocenters. The summed E-state index contributed by atoms with van der Waals surface area (Å²) in [6, 6.07) is 19.0. The van der Waals surface area contributed by atoms with E-state index in [4.69, 9.17) is 0 Å². The molecule has 4 aromatic rings. The molecule has 7 heteroatoms. The average molecular weight is 459 g/mol. The Morgan fingerprint density at radius 2 is 1.73 bits per heavy atom. The van der Waals surface area contributed by atoms with Gasteiger partial charge in [0.2, 0.25) is 5.91 Å². The summed E-state index contributed by atoms with van der Waals surface area (Å²) in [5, 5.41) is 22.7. The maximum Gasteiger partial charge on any atom is 0.234 e. The van der Waals surface area contributed by atoms with Crippen molar-refractivity contribution in [3.63, 3.8) is 0 Å². The zero-order chi connectivity index (χ0) is 23.5. The molecule has 0 spiro atoms. The van der Waals surface area contributed by atoms with Crippen LogP contribution < -0.4 is 5.32 Å². The lowest BCUT2D eigenvalue weighted by Crippen LogP contribution is -2.15. The van der Waals surface area contributed by atoms with Gasteiger partial charge in [-0.15, -0.1) is 10.2 Å². The predicted molar refractivity (Wildman–Crippen MR) is 133 cm³/mol. The predicted octanol–water partition coefficient (Wildman–Crippen LogP) is 5.60. The minimum atomic E-state index is -0.123. The van der Waals surface area contributed by atoms with Gasteiger partial charge in [0.25, 0.3) is 0 Å². The Hall–Kier alpha value is -3.58. The first-order valence-corrected chi connectivity index (χ1v) is 11.6. The number of nitrogens with zero attached hydrogens (tertiary/aromatic N) is 3. The second-order valence-corrected chi connectivity index (χ2v) is 9.03. The summed E-state index contributed by atoms with van der Waals surface area (Å²) in [7, 11) is 0. The number of para-hydroxylation sites is 1. The first-order chi connectivity index (χ1) is 15.8. The fourth-order valence-corrected chi connectivity index (χ4v) is 4.37. The summed E-state index contributed by atoms with van der Waals surface area (Å²) in [5.41, 5.74) is 6.76. The van der Waals surface area contributed by atoms with E-state index < -0.39 is 0 Å². The highest BCUT2D eigenvalue weighted by Crippen LogP contribution is 2.33. The van der Waals surface area contributed by atoms with Gasteiger partial charge in [-0.25, -0.2) is 0 Å². The molecule has 1 amide bonds. The van der Waals surface area contributed by atoms with Crippen LogP contribution in [0.1, 0.15) is 22.3 Å². The van der Waals surface area contributed by atoms with Gasteiger partial charge in [0, 0.05) is 5.69 Å². The number of phenolic OH excluding ortho intramolecular Hbond substituents is 1. The summed E-state index contributed by atoms with van der Waals surface area (Å²) in [6.45, 7) is 8.13. The summed E-state index contributed by atoms with van der Waals surface area (Å²) in [6.07, 6.45) is 0. The molecule has 0 fully saturated rings. The Kier molecular flexibility index (Phi) is 6.51. The molecule has 1 aromatic heterocycles. The van der Waals surface area contributed by atoms with Gasteiger partial charge in [0.05, 0.1) is 17.0 Å². The van der Waals surface area contributed by atoms with Crippen LogP contribution in [0.2, 0.25) is 0 Å². The molecule has 0 aliphatic rings. The second-order valence-electron chi connectivity index (χ2n) is 8.08. The minimum Gasteiger partial charge on any atom is -0.507 e. The van der Waals surface area contributed by atoms with E-state index in [1.807, 2.05) is 68.7 Å². The molecule has 3 aromatic carbocycles. The van der Waals surface area contributed by atoms with Gasteiger partial charge in [0.1, 0.15) is 5.75 Å². The van der Waals surface area contributed by atoms with E-state index in [1.165, 1.54) is 17.3 Å². The number of nitrogens with one attached hydrogen (secondary N) is 1. The van der Waals surface area contributed by atoms with E-state index in [0.717, 1.165) is 28.1 Å². The smallest absolute Gasteiger partial charge is 0.234 e. The van der Waals surface area contributed by atoms with Gasteiger partial charge in [-0.2, -0.15) is 0 Å². The number of hydrogen-bond acceptors (Lipinski definition) is 5. The Morgan fingerprint density at radius 3 is 2.45 bits per heavy atom. The topological polar surface area (TPSA) is 80.0 Å². The van der Waals surface area contributed by atoms with Crippen LogP contribution in [-0.2, 0) is 4.79 Å². The summed E-state index contributed by atoms with van der Waals surface area (Å²) >= 11 is 1.31. The maximum atomic E-state index is 12.6. The lowest BCUT2D eigenvalue weighted by Gasteiger charge is -2.14. The van der Waals surface area contributed by atoms with Gasteiger partial charge in [-0.05, 0) is 74.7 Å². The quantitative estimate of drug-likeness (QED) is 0.368. The van der Waals surface area contributed by atoms with Crippen LogP contribution in [0, 0.1) is 27.7 Å². The molecule has 0 aliphatic heterocycles. The largest absolute Gasteiger partial charge is 0.507 e. The Bertz CT molecular complexity index is 1330. The van der Waals surface area contributed by atoms with Crippen LogP contribution in [0.15, 0.2) is 65.8 Å². The average Bonchev–Trinajstić information content (AvgIpc) is 3.18. The highest BCUT2D eigenvalue weighted by Gasteiger charge is 2.20. The van der Waals surface area contributed by atoms with E-state index in [0.29, 0.717) is 16.5 Å². The van der Waals surface area contributed by atoms with Crippen molar-refractivity contribution in [3.05, 3.63) is 82.9 Å². The zero-order valence-corrected chi connectivity index (χ0v) is 19.9. The van der Waals surface area contributed by atoms with Crippen LogP contribution in [0.25, 0.3) is 17.1 Å². The third-order valence-corrected chi connectivity index (χ3v) is 6.42. The molecule has 1 heterocycles. The molecule has 2 N–H and O–H groups in total. The van der Waals surface area contributed by atoms with Crippen LogP contribution in [0.3, 0.4) is 0 Å². The molecule has 4 rings (SSSR count). The summed E-state index contributed by atoms with van der Waals surface area (Å²) < 4.78 is 1.90. The monoisotopic (exact) mass is 458 g/mol. The fraction of sp³-hybridized carbons (Fsp3) is 0.192. The normalized spacial score (nSPS) is 10.9. The van der Waals surface area contributed by atoms with Crippen LogP contribution in [-0.4, -0.2) is 31.5 Å². The number of phenols is 1. The lowest BCUT2D eigenvalue weighted by molar-refractivity contribution is -0.113. The molecule has 6 nitrogen and oxygen atoms in total. The first-order valence-electron chi connectivity index (χ1n) is 10.6. The van der Waals surface area contributed by atoms with Crippen LogP contribution in [0.4, 0.5) is 5.69 Å². The van der Waals surface area contributed by atoms with Crippen molar-refractivity contribution >= 4 is 23.4 Å². The molecular weight excluding hydrogens is 432 g/mol. The van der Waals surface area contributed by atoms with Gasteiger partial charge in [-0.3, -0.25) is 9.36 Å². The molecule has 168 valence electrons. The number of benzene rings is 3. The van der Waals surface area contributed by atoms with E-state index in [9.17, 15) is 9.90 Å². The number of hydrogen-bond donors (Lipinski definition) is 2. The summed E-state index contributed by atoms with van der Waals surface area (Å²) in [4.78, 5) is 12.6. The van der Waals surface area contributed by atoms with Crippen molar-refractivity contribution < 1.29 is 9.90 Å². The fourth-order valence-electron chi connectivity index (χ4n) is 3.62. The van der Waals surface area contributed by atoms with E-state index in [2.05, 4.69) is 21.6 Å². The molecule has 0 radical (unpaired) electrons. The van der Waals surface area contributed by atoms with Gasteiger partial charge >= 0.3 is 0 Å². The molecule has 0 saturated heterocycles. The van der Waals surface area contributed by atoms with E-state index in [-0.39, 0.29) is 17.4 Å². The number of anilines is 1. The van der Waals surface area contributed by atoms with Crippen LogP contribution >= 0.6 is 11.8 Å². The highest BCUT2D eigenvalue weighted by molar-refractivity contribution is 7.99. The number of thioether (sulfide) groups is 1. The lowest BCUT2D eigenvalue weighted by atomic mass is 10.1. The van der Waals surface area contributed by atoms with Crippen molar-refractivity contribution in [1.29, 1.82) is 0 Å². The number of aromatic hydroxyl groups is 1. The van der Waals surface area contributed by atoms with Gasteiger partial charge < -0.3 is 10.4 Å².